The monoisotopic (exact) mass is 490 g/mol. The van der Waals surface area contributed by atoms with E-state index in [2.05, 4.69) is 5.32 Å². The van der Waals surface area contributed by atoms with E-state index in [1.54, 1.807) is 24.3 Å². The number of amides is 2. The van der Waals surface area contributed by atoms with Crippen molar-refractivity contribution in [1.82, 2.24) is 5.32 Å². The Morgan fingerprint density at radius 1 is 1.03 bits per heavy atom. The van der Waals surface area contributed by atoms with Crippen molar-refractivity contribution < 1.29 is 19.1 Å². The lowest BCUT2D eigenvalue weighted by atomic mass is 10.2. The van der Waals surface area contributed by atoms with Crippen molar-refractivity contribution >= 4 is 51.9 Å². The van der Waals surface area contributed by atoms with Crippen LogP contribution in [0, 0.1) is 0 Å². The zero-order chi connectivity index (χ0) is 23.9. The van der Waals surface area contributed by atoms with Crippen LogP contribution in [0.1, 0.15) is 11.1 Å². The van der Waals surface area contributed by atoms with Gasteiger partial charge in [-0.2, -0.15) is 0 Å². The molecule has 2 amide bonds. The molecule has 172 valence electrons. The van der Waals surface area contributed by atoms with Crippen LogP contribution in [0.5, 0.6) is 11.5 Å². The van der Waals surface area contributed by atoms with Gasteiger partial charge in [0.05, 0.1) is 17.7 Å². The van der Waals surface area contributed by atoms with Gasteiger partial charge in [0.1, 0.15) is 0 Å². The maximum Gasteiger partial charge on any atom is 0.270 e. The van der Waals surface area contributed by atoms with Crippen molar-refractivity contribution in [2.45, 2.75) is 6.54 Å². The second-order valence-electron chi connectivity index (χ2n) is 7.31. The number of para-hydroxylation sites is 1. The molecule has 34 heavy (non-hydrogen) atoms. The number of nitrogens with zero attached hydrogens (tertiary/aromatic N) is 1. The van der Waals surface area contributed by atoms with Gasteiger partial charge in [-0.3, -0.25) is 14.5 Å². The maximum absolute atomic E-state index is 12.9. The third-order valence-electron chi connectivity index (χ3n) is 4.98. The average molecular weight is 491 g/mol. The molecule has 0 spiro atoms. The first kappa shape index (κ1) is 23.5. The normalized spacial score (nSPS) is 14.4. The lowest BCUT2D eigenvalue weighted by Gasteiger charge is -2.14. The minimum absolute atomic E-state index is 0.141. The van der Waals surface area contributed by atoms with Crippen LogP contribution in [-0.2, 0) is 16.1 Å². The Bertz CT molecular complexity index is 1230. The molecule has 1 heterocycles. The number of hydrogen-bond donors (Lipinski definition) is 1. The topological polar surface area (TPSA) is 67.9 Å². The quantitative estimate of drug-likeness (QED) is 0.362. The number of carbonyl (C=O) groups is 2. The van der Waals surface area contributed by atoms with Crippen molar-refractivity contribution in [3.05, 3.63) is 94.9 Å². The molecule has 4 rings (SSSR count). The highest BCUT2D eigenvalue weighted by Crippen LogP contribution is 2.37. The molecular weight excluding hydrogens is 468 g/mol. The summed E-state index contributed by atoms with van der Waals surface area (Å²) in [4.78, 5) is 27.1. The molecule has 1 saturated heterocycles. The Hall–Kier alpha value is -3.62. The second kappa shape index (κ2) is 11.0. The molecule has 1 aliphatic rings. The van der Waals surface area contributed by atoms with Crippen molar-refractivity contribution in [2.75, 3.05) is 18.6 Å². The standard InChI is InChI=1S/C26H22N2O4S2/c1-31-22-14-19(15-23-25(30)28(26(33)34-23)20-10-6-3-7-11-20)12-13-21(22)32-17-24(29)27-16-18-8-4-2-5-9-18/h2-15H,16-17H2,1H3,(H,27,29)/b23-15-. The van der Waals surface area contributed by atoms with Crippen molar-refractivity contribution in [3.8, 4) is 11.5 Å². The van der Waals surface area contributed by atoms with E-state index in [0.717, 1.165) is 16.8 Å². The molecule has 0 unspecified atom stereocenters. The number of thiocarbonyl (C=S) groups is 1. The first-order valence-electron chi connectivity index (χ1n) is 10.5. The maximum atomic E-state index is 12.9. The van der Waals surface area contributed by atoms with E-state index in [4.69, 9.17) is 21.7 Å². The zero-order valence-electron chi connectivity index (χ0n) is 18.4. The molecule has 6 nitrogen and oxygen atoms in total. The molecule has 1 fully saturated rings. The number of carbonyl (C=O) groups excluding carboxylic acids is 2. The molecule has 0 saturated carbocycles. The highest BCUT2D eigenvalue weighted by Gasteiger charge is 2.33. The number of methoxy groups -OCH3 is 1. The molecule has 0 bridgehead atoms. The van der Waals surface area contributed by atoms with Crippen LogP contribution < -0.4 is 19.7 Å². The van der Waals surface area contributed by atoms with Gasteiger partial charge in [0.25, 0.3) is 11.8 Å². The van der Waals surface area contributed by atoms with Crippen LogP contribution in [0.2, 0.25) is 0 Å². The number of hydrogen-bond acceptors (Lipinski definition) is 6. The van der Waals surface area contributed by atoms with Gasteiger partial charge in [0.15, 0.2) is 22.4 Å². The summed E-state index contributed by atoms with van der Waals surface area (Å²) in [6, 6.07) is 24.2. The van der Waals surface area contributed by atoms with Gasteiger partial charge in [0.2, 0.25) is 0 Å². The Kier molecular flexibility index (Phi) is 7.61. The number of rotatable bonds is 8. The van der Waals surface area contributed by atoms with E-state index in [1.807, 2.05) is 60.7 Å². The summed E-state index contributed by atoms with van der Waals surface area (Å²) in [6.45, 7) is 0.290. The number of ether oxygens (including phenoxy) is 2. The molecule has 8 heteroatoms. The summed E-state index contributed by atoms with van der Waals surface area (Å²) in [7, 11) is 1.52. The fourth-order valence-corrected chi connectivity index (χ4v) is 4.60. The zero-order valence-corrected chi connectivity index (χ0v) is 20.0. The summed E-state index contributed by atoms with van der Waals surface area (Å²) in [6.07, 6.45) is 1.76. The Morgan fingerprint density at radius 2 is 1.74 bits per heavy atom. The number of benzene rings is 3. The van der Waals surface area contributed by atoms with Crippen LogP contribution in [0.4, 0.5) is 5.69 Å². The number of nitrogens with one attached hydrogen (secondary N) is 1. The molecule has 0 aliphatic carbocycles. The van der Waals surface area contributed by atoms with Crippen LogP contribution >= 0.6 is 24.0 Å². The van der Waals surface area contributed by atoms with Crippen molar-refractivity contribution in [3.63, 3.8) is 0 Å². The van der Waals surface area contributed by atoms with Crippen LogP contribution in [0.15, 0.2) is 83.8 Å². The number of anilines is 1. The minimum Gasteiger partial charge on any atom is -0.493 e. The fraction of sp³-hybridized carbons (Fsp3) is 0.115. The van der Waals surface area contributed by atoms with Crippen LogP contribution in [0.3, 0.4) is 0 Å². The highest BCUT2D eigenvalue weighted by molar-refractivity contribution is 8.27. The first-order valence-corrected chi connectivity index (χ1v) is 11.7. The molecule has 0 radical (unpaired) electrons. The summed E-state index contributed by atoms with van der Waals surface area (Å²) in [5, 5.41) is 2.82. The van der Waals surface area contributed by atoms with E-state index in [-0.39, 0.29) is 18.4 Å². The van der Waals surface area contributed by atoms with Gasteiger partial charge >= 0.3 is 0 Å². The smallest absolute Gasteiger partial charge is 0.270 e. The van der Waals surface area contributed by atoms with Crippen molar-refractivity contribution in [1.29, 1.82) is 0 Å². The second-order valence-corrected chi connectivity index (χ2v) is 8.99. The molecular formula is C26H22N2O4S2. The SMILES string of the molecule is COc1cc(/C=C2\SC(=S)N(c3ccccc3)C2=O)ccc1OCC(=O)NCc1ccccc1. The van der Waals surface area contributed by atoms with E-state index in [9.17, 15) is 9.59 Å². The Labute approximate surface area is 207 Å². The van der Waals surface area contributed by atoms with E-state index in [1.165, 1.54) is 23.8 Å². The minimum atomic E-state index is -0.237. The summed E-state index contributed by atoms with van der Waals surface area (Å²) >= 11 is 6.67. The predicted molar refractivity (Wildman–Crippen MR) is 139 cm³/mol. The van der Waals surface area contributed by atoms with Gasteiger partial charge < -0.3 is 14.8 Å². The van der Waals surface area contributed by atoms with Gasteiger partial charge in [-0.1, -0.05) is 78.6 Å². The molecule has 0 atom stereocenters. The lowest BCUT2D eigenvalue weighted by Crippen LogP contribution is -2.28. The molecule has 3 aromatic rings. The lowest BCUT2D eigenvalue weighted by molar-refractivity contribution is -0.123. The third kappa shape index (κ3) is 5.65. The summed E-state index contributed by atoms with van der Waals surface area (Å²) in [5.41, 5.74) is 2.50. The van der Waals surface area contributed by atoms with Gasteiger partial charge in [-0.05, 0) is 41.5 Å². The summed E-state index contributed by atoms with van der Waals surface area (Å²) in [5.74, 6) is 0.490. The van der Waals surface area contributed by atoms with Gasteiger partial charge in [0, 0.05) is 6.54 Å². The summed E-state index contributed by atoms with van der Waals surface area (Å²) < 4.78 is 11.6. The molecule has 1 aliphatic heterocycles. The van der Waals surface area contributed by atoms with Crippen molar-refractivity contribution in [2.24, 2.45) is 0 Å². The van der Waals surface area contributed by atoms with Crippen LogP contribution in [-0.4, -0.2) is 29.9 Å². The third-order valence-corrected chi connectivity index (χ3v) is 6.29. The first-order chi connectivity index (χ1) is 16.5. The molecule has 3 aromatic carbocycles. The fourth-order valence-electron chi connectivity index (χ4n) is 3.30. The van der Waals surface area contributed by atoms with E-state index < -0.39 is 0 Å². The average Bonchev–Trinajstić information content (AvgIpc) is 3.15. The Balaban J connectivity index is 1.41. The Morgan fingerprint density at radius 3 is 2.44 bits per heavy atom. The van der Waals surface area contributed by atoms with Gasteiger partial charge in [-0.15, -0.1) is 0 Å². The van der Waals surface area contributed by atoms with E-state index >= 15 is 0 Å². The highest BCUT2D eigenvalue weighted by atomic mass is 32.2. The molecule has 0 aromatic heterocycles. The largest absolute Gasteiger partial charge is 0.493 e. The number of thioether (sulfide) groups is 1. The molecule has 1 N–H and O–H groups in total. The van der Waals surface area contributed by atoms with E-state index in [0.29, 0.717) is 27.3 Å². The van der Waals surface area contributed by atoms with Gasteiger partial charge in [-0.25, -0.2) is 0 Å². The predicted octanol–water partition coefficient (Wildman–Crippen LogP) is 4.80. The van der Waals surface area contributed by atoms with Crippen LogP contribution in [0.25, 0.3) is 6.08 Å².